The summed E-state index contributed by atoms with van der Waals surface area (Å²) in [5.74, 6) is 1.85. The molecule has 0 heterocycles. The molecule has 0 fully saturated rings. The van der Waals surface area contributed by atoms with E-state index in [1.165, 1.54) is 38.5 Å². The van der Waals surface area contributed by atoms with Crippen molar-refractivity contribution in [3.05, 3.63) is 12.2 Å². The molecule has 112 valence electrons. The number of hydrogen-bond acceptors (Lipinski definition) is 0. The van der Waals surface area contributed by atoms with Gasteiger partial charge in [-0.15, -0.1) is 0 Å². The van der Waals surface area contributed by atoms with Gasteiger partial charge < -0.3 is 0 Å². The summed E-state index contributed by atoms with van der Waals surface area (Å²) in [5.41, 5.74) is 0. The Hall–Kier alpha value is 0.272. The largest absolute Gasteiger partial charge is 0.262 e. The lowest BCUT2D eigenvalue weighted by molar-refractivity contribution is 0.628. The van der Waals surface area contributed by atoms with Crippen LogP contribution in [0.2, 0.25) is 15.8 Å². The summed E-state index contributed by atoms with van der Waals surface area (Å²) in [5, 5.41) is 4.74. The molecule has 0 spiro atoms. The van der Waals surface area contributed by atoms with E-state index in [1.807, 2.05) is 0 Å². The van der Waals surface area contributed by atoms with Gasteiger partial charge in [-0.25, -0.2) is 0 Å². The molecule has 19 heavy (non-hydrogen) atoms. The van der Waals surface area contributed by atoms with E-state index >= 15 is 0 Å². The first kappa shape index (κ1) is 19.3. The predicted octanol–water partition coefficient (Wildman–Crippen LogP) is 6.71. The van der Waals surface area contributed by atoms with Crippen LogP contribution >= 0.6 is 0 Å². The molecule has 0 aliphatic heterocycles. The number of allylic oxidation sites excluding steroid dienone is 2. The zero-order valence-electron chi connectivity index (χ0n) is 14.3. The van der Waals surface area contributed by atoms with Crippen LogP contribution in [0.3, 0.4) is 0 Å². The highest BCUT2D eigenvalue weighted by Gasteiger charge is 2.18. The van der Waals surface area contributed by atoms with Gasteiger partial charge in [0.1, 0.15) is 0 Å². The molecule has 0 unspecified atom stereocenters. The lowest BCUT2D eigenvalue weighted by atomic mass is 10.1. The molecule has 0 amide bonds. The van der Waals surface area contributed by atoms with Crippen molar-refractivity contribution in [1.29, 1.82) is 0 Å². The van der Waals surface area contributed by atoms with E-state index < -0.39 is 14.1 Å². The summed E-state index contributed by atoms with van der Waals surface area (Å²) in [6, 6.07) is 0. The predicted molar refractivity (Wildman–Crippen MR) is 92.4 cm³/mol. The van der Waals surface area contributed by atoms with E-state index in [4.69, 9.17) is 0 Å². The van der Waals surface area contributed by atoms with E-state index in [1.54, 1.807) is 15.8 Å². The summed E-state index contributed by atoms with van der Waals surface area (Å²) in [6.07, 6.45) is 13.0. The number of rotatable bonds is 12. The van der Waals surface area contributed by atoms with Crippen molar-refractivity contribution in [3.63, 3.8) is 0 Å². The standard InChI is InChI=1S/C10H19.2C4H9.Al/c1-3-5-7-9-10-8-6-4-2;2*1-4(2)3;/h4,6H,1,3,5,7-10H2,2H3;2*4H,1H2,2-3H3;. The molecule has 0 saturated carbocycles. The monoisotopic (exact) mass is 280 g/mol. The molecule has 0 nitrogen and oxygen atoms in total. The third kappa shape index (κ3) is 14.5. The van der Waals surface area contributed by atoms with Crippen LogP contribution in [0.25, 0.3) is 0 Å². The topological polar surface area (TPSA) is 0 Å². The second-order valence-electron chi connectivity index (χ2n) is 7.04. The first-order valence-corrected chi connectivity index (χ1v) is 11.1. The van der Waals surface area contributed by atoms with Gasteiger partial charge in [-0.1, -0.05) is 93.2 Å². The average Bonchev–Trinajstić information content (AvgIpc) is 2.30. The minimum Gasteiger partial charge on any atom is -0.0938 e. The van der Waals surface area contributed by atoms with Crippen LogP contribution < -0.4 is 0 Å². The summed E-state index contributed by atoms with van der Waals surface area (Å²) in [4.78, 5) is 0. The third-order valence-corrected chi connectivity index (χ3v) is 8.27. The van der Waals surface area contributed by atoms with Gasteiger partial charge >= 0.3 is 0 Å². The maximum Gasteiger partial charge on any atom is 0.262 e. The molecule has 0 aromatic heterocycles. The van der Waals surface area contributed by atoms with Crippen LogP contribution in [0.5, 0.6) is 0 Å². The molecular weight excluding hydrogens is 243 g/mol. The normalized spacial score (nSPS) is 11.9. The smallest absolute Gasteiger partial charge is 0.0938 e. The maximum absolute atomic E-state index is 2.40. The van der Waals surface area contributed by atoms with Gasteiger partial charge in [-0.3, -0.25) is 0 Å². The van der Waals surface area contributed by atoms with Crippen LogP contribution in [0.4, 0.5) is 0 Å². The fourth-order valence-electron chi connectivity index (χ4n) is 3.06. The van der Waals surface area contributed by atoms with Crippen LogP contribution in [0, 0.1) is 11.8 Å². The average molecular weight is 280 g/mol. The fraction of sp³-hybridized carbons (Fsp3) is 0.889. The lowest BCUT2D eigenvalue weighted by Crippen LogP contribution is -2.17. The van der Waals surface area contributed by atoms with Gasteiger partial charge in [0.25, 0.3) is 14.1 Å². The number of unbranched alkanes of at least 4 members (excludes halogenated alkanes) is 5. The Kier molecular flexibility index (Phi) is 13.5. The maximum atomic E-state index is 2.40. The molecule has 0 aromatic carbocycles. The first-order valence-electron chi connectivity index (χ1n) is 8.67. The highest BCUT2D eigenvalue weighted by molar-refractivity contribution is 6.58. The molecule has 0 atom stereocenters. The van der Waals surface area contributed by atoms with Crippen molar-refractivity contribution in [3.8, 4) is 0 Å². The molecule has 1 heteroatoms. The minimum absolute atomic E-state index is 0.431. The molecule has 0 radical (unpaired) electrons. The molecular formula is C18H37Al. The van der Waals surface area contributed by atoms with Crippen LogP contribution in [0.15, 0.2) is 12.2 Å². The van der Waals surface area contributed by atoms with E-state index in [0.29, 0.717) is 0 Å². The summed E-state index contributed by atoms with van der Waals surface area (Å²) < 4.78 is 0. The van der Waals surface area contributed by atoms with Gasteiger partial charge in [-0.2, -0.15) is 0 Å². The number of hydrogen-bond donors (Lipinski definition) is 0. The van der Waals surface area contributed by atoms with Gasteiger partial charge in [0.15, 0.2) is 0 Å². The fourth-order valence-corrected chi connectivity index (χ4v) is 7.25. The summed E-state index contributed by atoms with van der Waals surface area (Å²) in [6.45, 7) is 11.7. The zero-order chi connectivity index (χ0) is 14.5. The van der Waals surface area contributed by atoms with Crippen LogP contribution in [-0.4, -0.2) is 14.1 Å². The molecule has 0 aromatic rings. The summed E-state index contributed by atoms with van der Waals surface area (Å²) >= 11 is -0.431. The van der Waals surface area contributed by atoms with Gasteiger partial charge in [0.05, 0.1) is 0 Å². The van der Waals surface area contributed by atoms with Gasteiger partial charge in [-0.05, 0) is 19.8 Å². The third-order valence-electron chi connectivity index (χ3n) is 3.83. The summed E-state index contributed by atoms with van der Waals surface area (Å²) in [7, 11) is 0. The van der Waals surface area contributed by atoms with Crippen molar-refractivity contribution < 1.29 is 0 Å². The van der Waals surface area contributed by atoms with Crippen molar-refractivity contribution >= 4 is 14.1 Å². The van der Waals surface area contributed by atoms with E-state index in [2.05, 4.69) is 46.8 Å². The second kappa shape index (κ2) is 13.3. The van der Waals surface area contributed by atoms with E-state index in [-0.39, 0.29) is 0 Å². The molecule has 0 aliphatic carbocycles. The Balaban J connectivity index is 3.57. The minimum atomic E-state index is -0.431. The molecule has 0 N–H and O–H groups in total. The molecule has 0 bridgehead atoms. The van der Waals surface area contributed by atoms with Crippen LogP contribution in [-0.2, 0) is 0 Å². The highest BCUT2D eigenvalue weighted by Crippen LogP contribution is 2.20. The quantitative estimate of drug-likeness (QED) is 0.212. The van der Waals surface area contributed by atoms with Crippen molar-refractivity contribution in [2.24, 2.45) is 11.8 Å². The lowest BCUT2D eigenvalue weighted by Gasteiger charge is -2.16. The molecule has 0 saturated heterocycles. The zero-order valence-corrected chi connectivity index (χ0v) is 15.4. The molecule has 0 rings (SSSR count). The van der Waals surface area contributed by atoms with E-state index in [0.717, 1.165) is 11.8 Å². The first-order chi connectivity index (χ1) is 9.06. The molecule has 0 aliphatic rings. The Morgan fingerprint density at radius 2 is 1.32 bits per heavy atom. The second-order valence-corrected chi connectivity index (χ2v) is 10.3. The Morgan fingerprint density at radius 1 is 0.789 bits per heavy atom. The highest BCUT2D eigenvalue weighted by atomic mass is 27.2. The van der Waals surface area contributed by atoms with Gasteiger partial charge in [0, 0.05) is 0 Å². The Morgan fingerprint density at radius 3 is 1.84 bits per heavy atom. The van der Waals surface area contributed by atoms with Crippen molar-refractivity contribution in [2.45, 2.75) is 89.0 Å². The Bertz CT molecular complexity index is 196. The Labute approximate surface area is 127 Å². The van der Waals surface area contributed by atoms with Crippen molar-refractivity contribution in [1.82, 2.24) is 0 Å². The van der Waals surface area contributed by atoms with Gasteiger partial charge in [0.2, 0.25) is 0 Å². The van der Waals surface area contributed by atoms with Crippen LogP contribution in [0.1, 0.15) is 73.1 Å². The van der Waals surface area contributed by atoms with Crippen molar-refractivity contribution in [2.75, 3.05) is 0 Å². The SMILES string of the molecule is CC=CCCCCCC[CH2][Al]([CH2]C(C)C)[CH2]C(C)C. The van der Waals surface area contributed by atoms with E-state index in [9.17, 15) is 0 Å².